The van der Waals surface area contributed by atoms with Gasteiger partial charge >= 0.3 is 0 Å². The van der Waals surface area contributed by atoms with E-state index in [1.165, 1.54) is 25.3 Å². The van der Waals surface area contributed by atoms with Gasteiger partial charge < -0.3 is 20.5 Å². The van der Waals surface area contributed by atoms with Gasteiger partial charge in [-0.05, 0) is 80.7 Å². The van der Waals surface area contributed by atoms with E-state index < -0.39 is 0 Å². The zero-order valence-corrected chi connectivity index (χ0v) is 18.2. The zero-order valence-electron chi connectivity index (χ0n) is 18.2. The summed E-state index contributed by atoms with van der Waals surface area (Å²) in [6.07, 6.45) is 5.47. The fraction of sp³-hybridized carbons (Fsp3) is 0.346. The van der Waals surface area contributed by atoms with E-state index in [4.69, 9.17) is 0 Å². The minimum Gasteiger partial charge on any atom is -0.504 e. The van der Waals surface area contributed by atoms with Crippen molar-refractivity contribution in [3.8, 4) is 11.5 Å². The quantitative estimate of drug-likeness (QED) is 0.315. The Hall–Kier alpha value is -3.25. The summed E-state index contributed by atoms with van der Waals surface area (Å²) in [5, 5.41) is 23.9. The predicted molar refractivity (Wildman–Crippen MR) is 126 cm³/mol. The Morgan fingerprint density at radius 2 is 1.81 bits per heavy atom. The van der Waals surface area contributed by atoms with Gasteiger partial charge in [-0.25, -0.2) is 0 Å². The normalized spacial score (nSPS) is 17.9. The van der Waals surface area contributed by atoms with Crippen LogP contribution in [-0.4, -0.2) is 45.5 Å². The molecule has 1 aliphatic carbocycles. The number of ketones is 1. The average Bonchev–Trinajstić information content (AvgIpc) is 3.49. The van der Waals surface area contributed by atoms with Gasteiger partial charge in [0, 0.05) is 27.7 Å². The van der Waals surface area contributed by atoms with Crippen molar-refractivity contribution in [2.24, 2.45) is 0 Å². The number of hydrogen-bond donors (Lipinski definition) is 4. The van der Waals surface area contributed by atoms with E-state index in [2.05, 4.69) is 21.8 Å². The number of aromatic nitrogens is 1. The van der Waals surface area contributed by atoms with Crippen LogP contribution in [0.4, 0.5) is 5.69 Å². The molecular weight excluding hydrogens is 402 g/mol. The van der Waals surface area contributed by atoms with Crippen LogP contribution in [0.15, 0.2) is 54.7 Å². The molecule has 2 aromatic carbocycles. The summed E-state index contributed by atoms with van der Waals surface area (Å²) in [6, 6.07) is 12.9. The van der Waals surface area contributed by atoms with Crippen molar-refractivity contribution < 1.29 is 15.0 Å². The smallest absolute Gasteiger partial charge is 0.192 e. The van der Waals surface area contributed by atoms with E-state index in [1.54, 1.807) is 6.07 Å². The Kier molecular flexibility index (Phi) is 5.18. The van der Waals surface area contributed by atoms with Crippen LogP contribution in [0.25, 0.3) is 10.9 Å². The molecular formula is C26H29N3O3. The van der Waals surface area contributed by atoms with Gasteiger partial charge in [0.05, 0.1) is 12.2 Å². The lowest BCUT2D eigenvalue weighted by molar-refractivity contribution is 0.0911. The Balaban J connectivity index is 1.31. The summed E-state index contributed by atoms with van der Waals surface area (Å²) >= 11 is 0. The lowest BCUT2D eigenvalue weighted by atomic mass is 9.92. The number of allylic oxidation sites excluding steroid dienone is 1. The molecule has 2 aliphatic rings. The van der Waals surface area contributed by atoms with Crippen LogP contribution in [0, 0.1) is 0 Å². The average molecular weight is 432 g/mol. The van der Waals surface area contributed by atoms with E-state index >= 15 is 0 Å². The second kappa shape index (κ2) is 8.02. The number of carbonyl (C=O) groups is 1. The van der Waals surface area contributed by atoms with Crippen LogP contribution < -0.4 is 5.32 Å². The first-order valence-electron chi connectivity index (χ1n) is 11.3. The molecule has 1 aromatic heterocycles. The summed E-state index contributed by atoms with van der Waals surface area (Å²) in [5.41, 5.74) is 4.06. The van der Waals surface area contributed by atoms with Gasteiger partial charge in [0.2, 0.25) is 0 Å². The highest BCUT2D eigenvalue weighted by molar-refractivity contribution is 6.01. The third-order valence-electron chi connectivity index (χ3n) is 6.89. The number of benzene rings is 2. The lowest BCUT2D eigenvalue weighted by Gasteiger charge is -2.25. The van der Waals surface area contributed by atoms with Crippen LogP contribution in [0.5, 0.6) is 11.5 Å². The van der Waals surface area contributed by atoms with Gasteiger partial charge in [0.1, 0.15) is 0 Å². The van der Waals surface area contributed by atoms with Crippen molar-refractivity contribution in [1.82, 2.24) is 9.88 Å². The van der Waals surface area contributed by atoms with Crippen LogP contribution >= 0.6 is 0 Å². The summed E-state index contributed by atoms with van der Waals surface area (Å²) in [7, 11) is 0. The first-order chi connectivity index (χ1) is 15.4. The highest BCUT2D eigenvalue weighted by Gasteiger charge is 2.47. The second-order valence-corrected chi connectivity index (χ2v) is 9.13. The second-order valence-electron chi connectivity index (χ2n) is 9.13. The van der Waals surface area contributed by atoms with Crippen molar-refractivity contribution in [2.45, 2.75) is 37.5 Å². The number of aromatic amines is 1. The molecule has 0 amide bonds. The summed E-state index contributed by atoms with van der Waals surface area (Å²) < 4.78 is 0. The van der Waals surface area contributed by atoms with Gasteiger partial charge in [-0.2, -0.15) is 0 Å². The number of rotatable bonds is 7. The maximum atomic E-state index is 12.8. The molecule has 3 aromatic rings. The van der Waals surface area contributed by atoms with Crippen LogP contribution in [0.3, 0.4) is 0 Å². The number of fused-ring (bicyclic) bond motifs is 1. The third kappa shape index (κ3) is 3.86. The maximum Gasteiger partial charge on any atom is 0.192 e. The number of hydrogen-bond acceptors (Lipinski definition) is 5. The number of likely N-dealkylation sites (tertiary alicyclic amines) is 1. The van der Waals surface area contributed by atoms with Crippen molar-refractivity contribution in [3.63, 3.8) is 0 Å². The third-order valence-corrected chi connectivity index (χ3v) is 6.89. The van der Waals surface area contributed by atoms with Crippen LogP contribution in [0.2, 0.25) is 0 Å². The van der Waals surface area contributed by atoms with E-state index in [9.17, 15) is 15.0 Å². The van der Waals surface area contributed by atoms with Gasteiger partial charge in [-0.1, -0.05) is 19.1 Å². The number of phenols is 2. The van der Waals surface area contributed by atoms with Crippen molar-refractivity contribution in [1.29, 1.82) is 0 Å². The lowest BCUT2D eigenvalue weighted by Crippen LogP contribution is -2.34. The molecule has 2 fully saturated rings. The van der Waals surface area contributed by atoms with Crippen molar-refractivity contribution >= 4 is 22.4 Å². The molecule has 1 saturated carbocycles. The molecule has 2 heterocycles. The molecule has 0 radical (unpaired) electrons. The van der Waals surface area contributed by atoms with E-state index in [0.717, 1.165) is 53.8 Å². The summed E-state index contributed by atoms with van der Waals surface area (Å²) in [5.74, 6) is -0.102. The number of Topliss-reactive ketones (excluding diaryl/α,β-unsaturated/α-hetero) is 1. The number of carbonyl (C=O) groups excluding carboxylic acids is 1. The molecule has 1 saturated heterocycles. The highest BCUT2D eigenvalue weighted by Crippen LogP contribution is 2.54. The number of H-pyrrole nitrogens is 1. The fourth-order valence-corrected chi connectivity index (χ4v) is 4.77. The number of aromatic hydroxyl groups is 2. The molecule has 0 unspecified atom stereocenters. The monoisotopic (exact) mass is 431 g/mol. The molecule has 32 heavy (non-hydrogen) atoms. The molecule has 6 nitrogen and oxygen atoms in total. The molecule has 5 rings (SSSR count). The van der Waals surface area contributed by atoms with E-state index in [0.29, 0.717) is 12.2 Å². The Morgan fingerprint density at radius 3 is 2.53 bits per heavy atom. The topological polar surface area (TPSA) is 88.6 Å². The molecule has 0 bridgehead atoms. The molecule has 4 N–H and O–H groups in total. The fourth-order valence-electron chi connectivity index (χ4n) is 4.77. The zero-order chi connectivity index (χ0) is 22.3. The Morgan fingerprint density at radius 1 is 1.03 bits per heavy atom. The van der Waals surface area contributed by atoms with Gasteiger partial charge in [-0.3, -0.25) is 9.69 Å². The van der Waals surface area contributed by atoms with Crippen LogP contribution in [0.1, 0.15) is 48.2 Å². The van der Waals surface area contributed by atoms with Crippen LogP contribution in [-0.2, 0) is 5.41 Å². The largest absolute Gasteiger partial charge is 0.504 e. The first kappa shape index (κ1) is 20.6. The first-order valence-corrected chi connectivity index (χ1v) is 11.3. The Bertz CT molecular complexity index is 1190. The number of anilines is 1. The minimum atomic E-state index is -0.242. The minimum absolute atomic E-state index is 0.114. The summed E-state index contributed by atoms with van der Waals surface area (Å²) in [4.78, 5) is 18.3. The maximum absolute atomic E-state index is 12.8. The number of nitrogens with zero attached hydrogens (tertiary/aromatic N) is 1. The highest BCUT2D eigenvalue weighted by atomic mass is 16.3. The van der Waals surface area contributed by atoms with Gasteiger partial charge in [0.15, 0.2) is 17.3 Å². The van der Waals surface area contributed by atoms with Gasteiger partial charge in [-0.15, -0.1) is 0 Å². The molecule has 166 valence electrons. The molecule has 0 spiro atoms. The van der Waals surface area contributed by atoms with Gasteiger partial charge in [0.25, 0.3) is 0 Å². The SMILES string of the molecule is C=C(Nc1ccc2[nH]c(C(=O)CN3CCCCC3)cc2c1)C1(c2ccc(O)c(O)c2)CC1. The number of piperidine rings is 1. The number of nitrogens with one attached hydrogen (secondary N) is 2. The van der Waals surface area contributed by atoms with Crippen molar-refractivity contribution in [2.75, 3.05) is 25.0 Å². The van der Waals surface area contributed by atoms with E-state index in [-0.39, 0.29) is 22.7 Å². The molecule has 1 aliphatic heterocycles. The number of phenolic OH excluding ortho intramolecular Hbond substituents is 2. The summed E-state index contributed by atoms with van der Waals surface area (Å²) in [6.45, 7) is 6.74. The molecule has 6 heteroatoms. The standard InChI is InChI=1S/C26H29N3O3/c1-17(26(9-10-26)19-5-8-23(30)24(31)15-19)27-20-6-7-21-18(13-20)14-22(28-21)25(32)16-29-11-3-2-4-12-29/h5-8,13-15,27-28,30-31H,1-4,9-12,16H2. The predicted octanol–water partition coefficient (Wildman–Crippen LogP) is 4.91. The Labute approximate surface area is 187 Å². The van der Waals surface area contributed by atoms with E-state index in [1.807, 2.05) is 30.3 Å². The molecule has 0 atom stereocenters. The van der Waals surface area contributed by atoms with Crippen molar-refractivity contribution in [3.05, 3.63) is 66.0 Å².